The molecule has 1 aliphatic rings. The predicted molar refractivity (Wildman–Crippen MR) is 79.1 cm³/mol. The lowest BCUT2D eigenvalue weighted by Crippen LogP contribution is -2.53. The molecule has 0 saturated carbocycles. The minimum absolute atomic E-state index is 0.179. The zero-order valence-electron chi connectivity index (χ0n) is 11.9. The van der Waals surface area contributed by atoms with Crippen molar-refractivity contribution in [3.63, 3.8) is 0 Å². The van der Waals surface area contributed by atoms with Crippen molar-refractivity contribution in [1.29, 1.82) is 0 Å². The molecular weight excluding hydrogens is 242 g/mol. The van der Waals surface area contributed by atoms with Crippen molar-refractivity contribution in [2.45, 2.75) is 38.9 Å². The van der Waals surface area contributed by atoms with Crippen LogP contribution in [0.25, 0.3) is 0 Å². The van der Waals surface area contributed by atoms with E-state index in [2.05, 4.69) is 49.1 Å². The fourth-order valence-corrected chi connectivity index (χ4v) is 3.93. The fourth-order valence-electron chi connectivity index (χ4n) is 2.75. The maximum Gasteiger partial charge on any atom is 0.0594 e. The molecule has 18 heavy (non-hydrogen) atoms. The third kappa shape index (κ3) is 2.77. The van der Waals surface area contributed by atoms with Crippen LogP contribution >= 0.6 is 11.3 Å². The Morgan fingerprint density at radius 1 is 1.44 bits per heavy atom. The molecule has 0 spiro atoms. The number of aryl methyl sites for hydroxylation is 1. The summed E-state index contributed by atoms with van der Waals surface area (Å²) >= 11 is 1.85. The molecule has 2 heterocycles. The van der Waals surface area contributed by atoms with E-state index in [1.54, 1.807) is 0 Å². The van der Waals surface area contributed by atoms with Crippen LogP contribution in [-0.2, 0) is 0 Å². The molecule has 3 atom stereocenters. The molecule has 1 aromatic rings. The molecule has 0 radical (unpaired) electrons. The van der Waals surface area contributed by atoms with Crippen LogP contribution in [0.3, 0.4) is 0 Å². The highest BCUT2D eigenvalue weighted by Crippen LogP contribution is 2.32. The first-order valence-corrected chi connectivity index (χ1v) is 7.62. The minimum atomic E-state index is 0.179. The van der Waals surface area contributed by atoms with Crippen LogP contribution < -0.4 is 5.73 Å². The van der Waals surface area contributed by atoms with Gasteiger partial charge in [-0.15, -0.1) is 11.3 Å². The highest BCUT2D eigenvalue weighted by Gasteiger charge is 2.31. The van der Waals surface area contributed by atoms with E-state index in [0.29, 0.717) is 12.1 Å². The summed E-state index contributed by atoms with van der Waals surface area (Å²) in [5.41, 5.74) is 7.64. The summed E-state index contributed by atoms with van der Waals surface area (Å²) in [5.74, 6) is 0. The maximum absolute atomic E-state index is 6.26. The zero-order valence-corrected chi connectivity index (χ0v) is 12.7. The summed E-state index contributed by atoms with van der Waals surface area (Å²) in [6.07, 6.45) is 0. The van der Waals surface area contributed by atoms with Gasteiger partial charge in [-0.2, -0.15) is 0 Å². The largest absolute Gasteiger partial charge is 0.326 e. The molecule has 1 fully saturated rings. The smallest absolute Gasteiger partial charge is 0.0594 e. The molecular formula is C14H25N3S. The Bertz CT molecular complexity index is 388. The van der Waals surface area contributed by atoms with E-state index in [1.807, 2.05) is 11.3 Å². The standard InChI is InChI=1S/C14H25N3S/c1-10-5-8-18-14(10)13(12(3)15)17-7-6-16(4)11(2)9-17/h5,8,11-13H,6-7,9,15H2,1-4H3. The molecule has 102 valence electrons. The van der Waals surface area contributed by atoms with Gasteiger partial charge in [-0.3, -0.25) is 4.90 Å². The van der Waals surface area contributed by atoms with Gasteiger partial charge in [0.2, 0.25) is 0 Å². The highest BCUT2D eigenvalue weighted by molar-refractivity contribution is 7.10. The summed E-state index contributed by atoms with van der Waals surface area (Å²) in [6.45, 7) is 9.98. The van der Waals surface area contributed by atoms with Gasteiger partial charge in [-0.25, -0.2) is 0 Å². The summed E-state index contributed by atoms with van der Waals surface area (Å²) in [7, 11) is 2.21. The molecule has 1 aromatic heterocycles. The molecule has 3 nitrogen and oxygen atoms in total. The Morgan fingerprint density at radius 3 is 2.67 bits per heavy atom. The average molecular weight is 267 g/mol. The second kappa shape index (κ2) is 5.70. The highest BCUT2D eigenvalue weighted by atomic mass is 32.1. The summed E-state index contributed by atoms with van der Waals surface area (Å²) < 4.78 is 0. The van der Waals surface area contributed by atoms with Gasteiger partial charge in [0.15, 0.2) is 0 Å². The summed E-state index contributed by atoms with van der Waals surface area (Å²) in [4.78, 5) is 6.44. The molecule has 0 bridgehead atoms. The monoisotopic (exact) mass is 267 g/mol. The second-order valence-corrected chi connectivity index (χ2v) is 6.54. The SMILES string of the molecule is Cc1ccsc1C(C(C)N)N1CCN(C)C(C)C1. The number of rotatable bonds is 3. The Balaban J connectivity index is 2.19. The molecule has 1 aliphatic heterocycles. The van der Waals surface area contributed by atoms with Crippen molar-refractivity contribution in [2.24, 2.45) is 5.73 Å². The normalized spacial score (nSPS) is 26.2. The lowest BCUT2D eigenvalue weighted by atomic mass is 10.0. The predicted octanol–water partition coefficient (Wildman–Crippen LogP) is 2.08. The minimum Gasteiger partial charge on any atom is -0.326 e. The van der Waals surface area contributed by atoms with Crippen molar-refractivity contribution in [3.8, 4) is 0 Å². The first kappa shape index (κ1) is 14.0. The lowest BCUT2D eigenvalue weighted by Gasteiger charge is -2.43. The van der Waals surface area contributed by atoms with E-state index in [1.165, 1.54) is 10.4 Å². The Morgan fingerprint density at radius 2 is 2.17 bits per heavy atom. The molecule has 4 heteroatoms. The van der Waals surface area contributed by atoms with Crippen LogP contribution in [0.2, 0.25) is 0 Å². The lowest BCUT2D eigenvalue weighted by molar-refractivity contribution is 0.0649. The van der Waals surface area contributed by atoms with Crippen LogP contribution in [0.1, 0.15) is 30.3 Å². The number of hydrogen-bond donors (Lipinski definition) is 1. The van der Waals surface area contributed by atoms with Crippen molar-refractivity contribution < 1.29 is 0 Å². The molecule has 1 saturated heterocycles. The van der Waals surface area contributed by atoms with Gasteiger partial charge < -0.3 is 10.6 Å². The third-order valence-corrected chi connectivity index (χ3v) is 5.14. The molecule has 0 aliphatic carbocycles. The molecule has 0 aromatic carbocycles. The molecule has 2 rings (SSSR count). The number of likely N-dealkylation sites (N-methyl/N-ethyl adjacent to an activating group) is 1. The van der Waals surface area contributed by atoms with Gasteiger partial charge in [0.05, 0.1) is 6.04 Å². The van der Waals surface area contributed by atoms with Crippen LogP contribution in [0.5, 0.6) is 0 Å². The first-order valence-electron chi connectivity index (χ1n) is 6.74. The van der Waals surface area contributed by atoms with Gasteiger partial charge in [0.1, 0.15) is 0 Å². The van der Waals surface area contributed by atoms with Crippen molar-refractivity contribution in [3.05, 3.63) is 21.9 Å². The van der Waals surface area contributed by atoms with Crippen LogP contribution in [0.4, 0.5) is 0 Å². The number of hydrogen-bond acceptors (Lipinski definition) is 4. The van der Waals surface area contributed by atoms with Crippen molar-refractivity contribution >= 4 is 11.3 Å². The van der Waals surface area contributed by atoms with E-state index >= 15 is 0 Å². The fraction of sp³-hybridized carbons (Fsp3) is 0.714. The maximum atomic E-state index is 6.26. The van der Waals surface area contributed by atoms with E-state index in [-0.39, 0.29) is 6.04 Å². The number of nitrogens with two attached hydrogens (primary N) is 1. The van der Waals surface area contributed by atoms with Crippen LogP contribution in [0.15, 0.2) is 11.4 Å². The van der Waals surface area contributed by atoms with Crippen molar-refractivity contribution in [2.75, 3.05) is 26.7 Å². The topological polar surface area (TPSA) is 32.5 Å². The van der Waals surface area contributed by atoms with E-state index < -0.39 is 0 Å². The van der Waals surface area contributed by atoms with Gasteiger partial charge in [-0.05, 0) is 44.8 Å². The first-order chi connectivity index (χ1) is 8.50. The number of thiophene rings is 1. The zero-order chi connectivity index (χ0) is 13.3. The Kier molecular flexibility index (Phi) is 4.43. The molecule has 3 unspecified atom stereocenters. The van der Waals surface area contributed by atoms with Crippen molar-refractivity contribution in [1.82, 2.24) is 9.80 Å². The third-order valence-electron chi connectivity index (χ3n) is 4.05. The summed E-state index contributed by atoms with van der Waals surface area (Å²) in [5, 5.41) is 2.18. The Labute approximate surface area is 115 Å². The van der Waals surface area contributed by atoms with Crippen LogP contribution in [-0.4, -0.2) is 48.6 Å². The van der Waals surface area contributed by atoms with Gasteiger partial charge in [0, 0.05) is 36.6 Å². The van der Waals surface area contributed by atoms with Gasteiger partial charge >= 0.3 is 0 Å². The average Bonchev–Trinajstić information content (AvgIpc) is 2.70. The number of piperazine rings is 1. The number of nitrogens with zero attached hydrogens (tertiary/aromatic N) is 2. The van der Waals surface area contributed by atoms with E-state index in [9.17, 15) is 0 Å². The van der Waals surface area contributed by atoms with Crippen LogP contribution in [0, 0.1) is 6.92 Å². The second-order valence-electron chi connectivity index (χ2n) is 5.60. The molecule has 2 N–H and O–H groups in total. The van der Waals surface area contributed by atoms with Gasteiger partial charge in [0.25, 0.3) is 0 Å². The van der Waals surface area contributed by atoms with E-state index in [0.717, 1.165) is 19.6 Å². The quantitative estimate of drug-likeness (QED) is 0.910. The molecule has 0 amide bonds. The van der Waals surface area contributed by atoms with E-state index in [4.69, 9.17) is 5.73 Å². The van der Waals surface area contributed by atoms with Gasteiger partial charge in [-0.1, -0.05) is 0 Å². The summed E-state index contributed by atoms with van der Waals surface area (Å²) in [6, 6.07) is 3.37. The Hall–Kier alpha value is -0.420.